The first-order chi connectivity index (χ1) is 14.8. The Morgan fingerprint density at radius 2 is 1.87 bits per heavy atom. The molecular weight excluding hydrogens is 412 g/mol. The van der Waals surface area contributed by atoms with Crippen LogP contribution in [0.1, 0.15) is 12.0 Å². The van der Waals surface area contributed by atoms with Crippen LogP contribution in [0.25, 0.3) is 0 Å². The minimum Gasteiger partial charge on any atom is -0.378 e. The third kappa shape index (κ3) is 9.51. The normalized spacial score (nSPS) is 16.1. The molecule has 1 aromatic carbocycles. The van der Waals surface area contributed by atoms with Crippen LogP contribution in [0.5, 0.6) is 0 Å². The van der Waals surface area contributed by atoms with Gasteiger partial charge in [0, 0.05) is 21.2 Å². The number of carbonyl (C=O) groups is 2. The van der Waals surface area contributed by atoms with Crippen molar-refractivity contribution in [2.45, 2.75) is 50.8 Å². The number of rotatable bonds is 10. The second-order valence-electron chi connectivity index (χ2n) is 8.93. The van der Waals surface area contributed by atoms with Crippen LogP contribution in [0.3, 0.4) is 0 Å². The SMILES string of the molecule is C[Si](C)(C)CC(NC(=O)N1CCOCC1)C(=O)NC(CC#N)COCc1ccccc1. The molecule has 8 nitrogen and oxygen atoms in total. The quantitative estimate of drug-likeness (QED) is 0.537. The smallest absolute Gasteiger partial charge is 0.318 e. The van der Waals surface area contributed by atoms with E-state index in [0.717, 1.165) is 5.56 Å². The summed E-state index contributed by atoms with van der Waals surface area (Å²) in [6.45, 7) is 9.13. The molecule has 1 aliphatic heterocycles. The first-order valence-corrected chi connectivity index (χ1v) is 14.4. The molecule has 170 valence electrons. The molecule has 9 heteroatoms. The van der Waals surface area contributed by atoms with Crippen molar-refractivity contribution in [3.8, 4) is 6.07 Å². The number of benzene rings is 1. The van der Waals surface area contributed by atoms with Crippen molar-refractivity contribution in [3.63, 3.8) is 0 Å². The number of nitrogens with zero attached hydrogens (tertiary/aromatic N) is 2. The Morgan fingerprint density at radius 1 is 1.19 bits per heavy atom. The molecule has 0 aliphatic carbocycles. The summed E-state index contributed by atoms with van der Waals surface area (Å²) >= 11 is 0. The molecule has 31 heavy (non-hydrogen) atoms. The summed E-state index contributed by atoms with van der Waals surface area (Å²) in [6, 6.07) is 11.1. The fraction of sp³-hybridized carbons (Fsp3) is 0.591. The Morgan fingerprint density at radius 3 is 2.48 bits per heavy atom. The molecular formula is C22H34N4O4Si. The van der Waals surface area contributed by atoms with E-state index in [1.54, 1.807) is 4.90 Å². The third-order valence-corrected chi connectivity index (χ3v) is 6.48. The first-order valence-electron chi connectivity index (χ1n) is 10.7. The standard InChI is InChI=1S/C22H34N4O4Si/c1-31(2,3)17-20(25-22(28)26-11-13-29-14-12-26)21(27)24-19(9-10-23)16-30-15-18-7-5-4-6-8-18/h4-8,19-20H,9,11-17H2,1-3H3,(H,24,27)(H,25,28). The highest BCUT2D eigenvalue weighted by Crippen LogP contribution is 2.13. The Hall–Kier alpha value is -2.41. The van der Waals surface area contributed by atoms with Gasteiger partial charge >= 0.3 is 6.03 Å². The van der Waals surface area contributed by atoms with E-state index >= 15 is 0 Å². The minimum absolute atomic E-state index is 0.137. The molecule has 0 spiro atoms. The maximum atomic E-state index is 13.0. The second-order valence-corrected chi connectivity index (χ2v) is 14.5. The van der Waals surface area contributed by atoms with Gasteiger partial charge in [0.1, 0.15) is 6.04 Å². The maximum Gasteiger partial charge on any atom is 0.318 e. The fourth-order valence-corrected chi connectivity index (χ4v) is 4.80. The van der Waals surface area contributed by atoms with Crippen LogP contribution in [0.2, 0.25) is 25.7 Å². The van der Waals surface area contributed by atoms with Gasteiger partial charge in [0.05, 0.1) is 45.0 Å². The number of ether oxygens (including phenoxy) is 2. The highest BCUT2D eigenvalue weighted by molar-refractivity contribution is 6.76. The second kappa shape index (κ2) is 12.4. The first kappa shape index (κ1) is 24.9. The van der Waals surface area contributed by atoms with Crippen molar-refractivity contribution >= 4 is 20.0 Å². The van der Waals surface area contributed by atoms with Gasteiger partial charge in [-0.2, -0.15) is 5.26 Å². The van der Waals surface area contributed by atoms with E-state index in [2.05, 4.69) is 36.3 Å². The molecule has 2 N–H and O–H groups in total. The van der Waals surface area contributed by atoms with E-state index in [1.165, 1.54) is 0 Å². The molecule has 1 fully saturated rings. The zero-order valence-electron chi connectivity index (χ0n) is 18.7. The minimum atomic E-state index is -1.65. The van der Waals surface area contributed by atoms with Crippen LogP contribution < -0.4 is 10.6 Å². The van der Waals surface area contributed by atoms with Crippen molar-refractivity contribution in [2.24, 2.45) is 0 Å². The van der Waals surface area contributed by atoms with Crippen LogP contribution in [0, 0.1) is 11.3 Å². The number of morpholine rings is 1. The lowest BCUT2D eigenvalue weighted by Crippen LogP contribution is -2.56. The summed E-state index contributed by atoms with van der Waals surface area (Å²) in [7, 11) is -1.65. The Bertz CT molecular complexity index is 742. The van der Waals surface area contributed by atoms with Gasteiger partial charge in [-0.25, -0.2) is 4.79 Å². The molecule has 0 aromatic heterocycles. The molecule has 0 saturated carbocycles. The number of nitrogens with one attached hydrogen (secondary N) is 2. The maximum absolute atomic E-state index is 13.0. The van der Waals surface area contributed by atoms with E-state index in [9.17, 15) is 9.59 Å². The van der Waals surface area contributed by atoms with E-state index in [0.29, 0.717) is 39.0 Å². The average Bonchev–Trinajstić information content (AvgIpc) is 2.73. The summed E-state index contributed by atoms with van der Waals surface area (Å²) in [4.78, 5) is 27.4. The third-order valence-electron chi connectivity index (χ3n) is 4.84. The topological polar surface area (TPSA) is 104 Å². The van der Waals surface area contributed by atoms with Gasteiger partial charge in [0.15, 0.2) is 0 Å². The van der Waals surface area contributed by atoms with E-state index in [1.807, 2.05) is 30.3 Å². The van der Waals surface area contributed by atoms with Gasteiger partial charge in [-0.1, -0.05) is 50.0 Å². The van der Waals surface area contributed by atoms with E-state index in [4.69, 9.17) is 14.7 Å². The van der Waals surface area contributed by atoms with Crippen molar-refractivity contribution in [3.05, 3.63) is 35.9 Å². The van der Waals surface area contributed by atoms with Gasteiger partial charge < -0.3 is 25.0 Å². The van der Waals surface area contributed by atoms with Crippen molar-refractivity contribution in [2.75, 3.05) is 32.9 Å². The summed E-state index contributed by atoms with van der Waals surface area (Å²) in [5.74, 6) is -0.271. The van der Waals surface area contributed by atoms with Crippen molar-refractivity contribution in [1.29, 1.82) is 5.26 Å². The lowest BCUT2D eigenvalue weighted by Gasteiger charge is -2.31. The van der Waals surface area contributed by atoms with Crippen molar-refractivity contribution < 1.29 is 19.1 Å². The number of amides is 3. The number of hydrogen-bond acceptors (Lipinski definition) is 5. The van der Waals surface area contributed by atoms with Gasteiger partial charge in [-0.15, -0.1) is 0 Å². The number of carbonyl (C=O) groups excluding carboxylic acids is 2. The van der Waals surface area contributed by atoms with Gasteiger partial charge in [-0.05, 0) is 11.6 Å². The molecule has 1 saturated heterocycles. The summed E-state index contributed by atoms with van der Waals surface area (Å²) in [5.41, 5.74) is 1.03. The molecule has 1 heterocycles. The Labute approximate surface area is 185 Å². The molecule has 3 amide bonds. The van der Waals surface area contributed by atoms with E-state index < -0.39 is 20.2 Å². The largest absolute Gasteiger partial charge is 0.378 e. The van der Waals surface area contributed by atoms with Crippen LogP contribution in [0.15, 0.2) is 30.3 Å². The fourth-order valence-electron chi connectivity index (χ4n) is 3.29. The average molecular weight is 447 g/mol. The zero-order valence-corrected chi connectivity index (χ0v) is 19.7. The molecule has 0 radical (unpaired) electrons. The monoisotopic (exact) mass is 446 g/mol. The van der Waals surface area contributed by atoms with Gasteiger partial charge in [-0.3, -0.25) is 4.79 Å². The Kier molecular flexibility index (Phi) is 9.98. The predicted octanol–water partition coefficient (Wildman–Crippen LogP) is 2.35. The molecule has 1 aromatic rings. The summed E-state index contributed by atoms with van der Waals surface area (Å²) < 4.78 is 11.0. The Balaban J connectivity index is 1.95. The van der Waals surface area contributed by atoms with Crippen LogP contribution in [-0.4, -0.2) is 69.9 Å². The van der Waals surface area contributed by atoms with Crippen molar-refractivity contribution in [1.82, 2.24) is 15.5 Å². The molecule has 0 bridgehead atoms. The summed E-state index contributed by atoms with van der Waals surface area (Å²) in [6.07, 6.45) is 0.137. The predicted molar refractivity (Wildman–Crippen MR) is 121 cm³/mol. The lowest BCUT2D eigenvalue weighted by atomic mass is 10.2. The van der Waals surface area contributed by atoms with Crippen LogP contribution in [-0.2, 0) is 20.9 Å². The number of urea groups is 1. The van der Waals surface area contributed by atoms with Gasteiger partial charge in [0.25, 0.3) is 0 Å². The highest BCUT2D eigenvalue weighted by Gasteiger charge is 2.30. The molecule has 2 rings (SSSR count). The van der Waals surface area contributed by atoms with Crippen LogP contribution >= 0.6 is 0 Å². The molecule has 2 unspecified atom stereocenters. The zero-order chi connectivity index (χ0) is 22.7. The molecule has 2 atom stereocenters. The van der Waals surface area contributed by atoms with Gasteiger partial charge in [0.2, 0.25) is 5.91 Å². The van der Waals surface area contributed by atoms with Crippen LogP contribution in [0.4, 0.5) is 4.79 Å². The molecule has 1 aliphatic rings. The highest BCUT2D eigenvalue weighted by atomic mass is 28.3. The number of hydrogen-bond donors (Lipinski definition) is 2. The van der Waals surface area contributed by atoms with E-state index in [-0.39, 0.29) is 25.0 Å². The summed E-state index contributed by atoms with van der Waals surface area (Å²) in [5, 5.41) is 15.0. The lowest BCUT2D eigenvalue weighted by molar-refractivity contribution is -0.123. The number of nitriles is 1.